The summed E-state index contributed by atoms with van der Waals surface area (Å²) in [4.78, 5) is 29.4. The number of amidine groups is 1. The molecule has 8 nitrogen and oxygen atoms in total. The molecule has 0 bridgehead atoms. The van der Waals surface area contributed by atoms with Gasteiger partial charge in [-0.05, 0) is 84.1 Å². The predicted molar refractivity (Wildman–Crippen MR) is 173 cm³/mol. The molecule has 2 aliphatic rings. The van der Waals surface area contributed by atoms with Gasteiger partial charge in [0.05, 0.1) is 5.04 Å². The molecule has 1 aromatic carbocycles. The van der Waals surface area contributed by atoms with E-state index in [1.807, 2.05) is 18.2 Å². The molecule has 216 valence electrons. The van der Waals surface area contributed by atoms with E-state index in [0.29, 0.717) is 29.4 Å². The van der Waals surface area contributed by atoms with Crippen molar-refractivity contribution in [1.29, 1.82) is 5.41 Å². The SMILES string of the molecule is C=CC1=C(C=C)CC(C(=O)N=C(N)SC(=N)CCSCCc2nnc(NC(=O)C3CCc4ccccc4C3)s2)CC1. The number of thioether (sulfide) groups is 2. The van der Waals surface area contributed by atoms with Gasteiger partial charge in [0.1, 0.15) is 5.01 Å². The van der Waals surface area contributed by atoms with E-state index < -0.39 is 0 Å². The maximum absolute atomic E-state index is 12.8. The predicted octanol–water partition coefficient (Wildman–Crippen LogP) is 5.97. The number of aryl methyl sites for hydroxylation is 2. The van der Waals surface area contributed by atoms with Crippen molar-refractivity contribution in [2.24, 2.45) is 22.6 Å². The molecule has 2 amide bonds. The molecule has 4 N–H and O–H groups in total. The maximum atomic E-state index is 12.8. The Morgan fingerprint density at radius 3 is 2.61 bits per heavy atom. The van der Waals surface area contributed by atoms with Crippen molar-refractivity contribution in [3.63, 3.8) is 0 Å². The third-order valence-electron chi connectivity index (χ3n) is 7.28. The molecule has 0 saturated heterocycles. The molecular weight excluding hydrogens is 573 g/mol. The Kier molecular flexibility index (Phi) is 11.5. The number of hydrogen-bond acceptors (Lipinski definition) is 8. The number of carbonyl (C=O) groups is 2. The van der Waals surface area contributed by atoms with Gasteiger partial charge in [0.25, 0.3) is 5.91 Å². The second-order valence-electron chi connectivity index (χ2n) is 10.0. The van der Waals surface area contributed by atoms with Crippen LogP contribution < -0.4 is 11.1 Å². The highest BCUT2D eigenvalue weighted by molar-refractivity contribution is 8.26. The van der Waals surface area contributed by atoms with E-state index in [1.54, 1.807) is 17.8 Å². The van der Waals surface area contributed by atoms with E-state index in [2.05, 4.69) is 45.8 Å². The molecule has 4 rings (SSSR count). The fourth-order valence-corrected chi connectivity index (χ4v) is 7.49. The summed E-state index contributed by atoms with van der Waals surface area (Å²) in [5.74, 6) is 1.09. The molecule has 2 aliphatic carbocycles. The monoisotopic (exact) mass is 608 g/mol. The average Bonchev–Trinajstić information content (AvgIpc) is 3.42. The zero-order valence-electron chi connectivity index (χ0n) is 23.1. The zero-order chi connectivity index (χ0) is 29.2. The van der Waals surface area contributed by atoms with E-state index in [-0.39, 0.29) is 28.8 Å². The lowest BCUT2D eigenvalue weighted by Crippen LogP contribution is -2.28. The number of aliphatic imine (C=N–C) groups is 1. The molecule has 2 aromatic rings. The number of carbonyl (C=O) groups excluding carboxylic acids is 2. The van der Waals surface area contributed by atoms with Crippen molar-refractivity contribution in [2.75, 3.05) is 16.8 Å². The number of hydrogen-bond donors (Lipinski definition) is 3. The van der Waals surface area contributed by atoms with E-state index >= 15 is 0 Å². The first-order chi connectivity index (χ1) is 19.9. The van der Waals surface area contributed by atoms with Crippen molar-refractivity contribution in [2.45, 2.75) is 51.4 Å². The lowest BCUT2D eigenvalue weighted by Gasteiger charge is -2.23. The quantitative estimate of drug-likeness (QED) is 0.163. The van der Waals surface area contributed by atoms with E-state index in [4.69, 9.17) is 11.1 Å². The Hall–Kier alpha value is -3.02. The highest BCUT2D eigenvalue weighted by Gasteiger charge is 2.26. The van der Waals surface area contributed by atoms with E-state index in [0.717, 1.165) is 71.5 Å². The third kappa shape index (κ3) is 8.98. The molecule has 11 heteroatoms. The Bertz CT molecular complexity index is 1370. The molecule has 41 heavy (non-hydrogen) atoms. The van der Waals surface area contributed by atoms with Gasteiger partial charge in [0, 0.05) is 24.7 Å². The number of amides is 2. The Morgan fingerprint density at radius 2 is 1.83 bits per heavy atom. The summed E-state index contributed by atoms with van der Waals surface area (Å²) in [6.45, 7) is 7.67. The molecule has 0 radical (unpaired) electrons. The summed E-state index contributed by atoms with van der Waals surface area (Å²) in [5, 5.41) is 21.4. The van der Waals surface area contributed by atoms with Crippen LogP contribution in [0.1, 0.15) is 48.2 Å². The largest absolute Gasteiger partial charge is 0.378 e. The second kappa shape index (κ2) is 15.3. The molecular formula is C30H36N6O2S3. The minimum absolute atomic E-state index is 0.0102. The number of aromatic nitrogens is 2. The number of allylic oxidation sites excluding steroid dienone is 4. The number of rotatable bonds is 11. The van der Waals surface area contributed by atoms with Crippen molar-refractivity contribution in [1.82, 2.24) is 10.2 Å². The molecule has 1 heterocycles. The van der Waals surface area contributed by atoms with Crippen LogP contribution in [-0.4, -0.2) is 43.7 Å². The second-order valence-corrected chi connectivity index (χ2v) is 13.4. The van der Waals surface area contributed by atoms with Crippen LogP contribution in [0.3, 0.4) is 0 Å². The van der Waals surface area contributed by atoms with Crippen LogP contribution in [0.2, 0.25) is 0 Å². The zero-order valence-corrected chi connectivity index (χ0v) is 25.5. The minimum Gasteiger partial charge on any atom is -0.378 e. The van der Waals surface area contributed by atoms with Crippen molar-refractivity contribution < 1.29 is 9.59 Å². The first-order valence-electron chi connectivity index (χ1n) is 13.7. The summed E-state index contributed by atoms with van der Waals surface area (Å²) in [5.41, 5.74) is 10.7. The molecule has 2 unspecified atom stereocenters. The van der Waals surface area contributed by atoms with Crippen LogP contribution in [-0.2, 0) is 28.9 Å². The third-order valence-corrected chi connectivity index (χ3v) is 9.91. The summed E-state index contributed by atoms with van der Waals surface area (Å²) < 4.78 is 0. The molecule has 2 atom stereocenters. The van der Waals surface area contributed by atoms with E-state index in [9.17, 15) is 9.59 Å². The Balaban J connectivity index is 1.12. The van der Waals surface area contributed by atoms with Gasteiger partial charge in [-0.2, -0.15) is 16.8 Å². The molecule has 0 fully saturated rings. The number of fused-ring (bicyclic) bond motifs is 1. The first kappa shape index (κ1) is 30.9. The summed E-state index contributed by atoms with van der Waals surface area (Å²) in [7, 11) is 0. The number of anilines is 1. The highest BCUT2D eigenvalue weighted by Crippen LogP contribution is 2.32. The molecule has 0 aliphatic heterocycles. The highest BCUT2D eigenvalue weighted by atomic mass is 32.2. The fraction of sp³-hybridized carbons (Fsp3) is 0.400. The van der Waals surface area contributed by atoms with Crippen LogP contribution >= 0.6 is 34.9 Å². The van der Waals surface area contributed by atoms with Crippen molar-refractivity contribution in [3.8, 4) is 0 Å². The van der Waals surface area contributed by atoms with Crippen LogP contribution in [0.25, 0.3) is 0 Å². The maximum Gasteiger partial charge on any atom is 0.251 e. The Morgan fingerprint density at radius 1 is 1.07 bits per heavy atom. The molecule has 1 aromatic heterocycles. The van der Waals surface area contributed by atoms with Crippen LogP contribution in [0.4, 0.5) is 5.13 Å². The average molecular weight is 609 g/mol. The fourth-order valence-electron chi connectivity index (χ4n) is 5.01. The van der Waals surface area contributed by atoms with Gasteiger partial charge in [-0.25, -0.2) is 0 Å². The van der Waals surface area contributed by atoms with Gasteiger partial charge in [-0.1, -0.05) is 60.9 Å². The number of nitrogens with zero attached hydrogens (tertiary/aromatic N) is 3. The lowest BCUT2D eigenvalue weighted by atomic mass is 9.83. The molecule has 0 spiro atoms. The van der Waals surface area contributed by atoms with Gasteiger partial charge in [-0.3, -0.25) is 15.0 Å². The summed E-state index contributed by atoms with van der Waals surface area (Å²) in [6.07, 6.45) is 9.50. The van der Waals surface area contributed by atoms with Crippen LogP contribution in [0, 0.1) is 17.2 Å². The Labute approximate surface area is 254 Å². The van der Waals surface area contributed by atoms with E-state index in [1.165, 1.54) is 22.5 Å². The van der Waals surface area contributed by atoms with Gasteiger partial charge >= 0.3 is 0 Å². The normalized spacial score (nSPS) is 18.9. The van der Waals surface area contributed by atoms with Crippen LogP contribution in [0.15, 0.2) is 65.7 Å². The summed E-state index contributed by atoms with van der Waals surface area (Å²) in [6, 6.07) is 8.32. The standard InChI is InChI=1S/C30H36N6O2S3/c1-3-19-9-11-23(17-20(19)4-2)27(37)33-29(32)40-25(31)13-15-39-16-14-26-35-36-30(41-26)34-28(38)24-12-10-21-7-5-6-8-22(21)18-24/h3-8,23-24,31H,1-2,9-18H2,(H2,32,33,37)(H,34,36,38). The van der Waals surface area contributed by atoms with Gasteiger partial charge in [0.15, 0.2) is 5.17 Å². The topological polar surface area (TPSA) is 134 Å². The minimum atomic E-state index is -0.240. The first-order valence-corrected chi connectivity index (χ1v) is 16.5. The molecule has 0 saturated carbocycles. The van der Waals surface area contributed by atoms with Crippen molar-refractivity contribution >= 4 is 62.0 Å². The van der Waals surface area contributed by atoms with Gasteiger partial charge < -0.3 is 11.1 Å². The number of nitrogens with one attached hydrogen (secondary N) is 2. The van der Waals surface area contributed by atoms with Crippen molar-refractivity contribution in [3.05, 3.63) is 76.9 Å². The lowest BCUT2D eigenvalue weighted by molar-refractivity contribution is -0.122. The number of nitrogens with two attached hydrogens (primary N) is 1. The van der Waals surface area contributed by atoms with Gasteiger partial charge in [-0.15, -0.1) is 10.2 Å². The number of benzene rings is 1. The van der Waals surface area contributed by atoms with Crippen LogP contribution in [0.5, 0.6) is 0 Å². The summed E-state index contributed by atoms with van der Waals surface area (Å²) >= 11 is 4.17. The van der Waals surface area contributed by atoms with Gasteiger partial charge in [0.2, 0.25) is 11.0 Å². The smallest absolute Gasteiger partial charge is 0.251 e.